The van der Waals surface area contributed by atoms with Gasteiger partial charge in [0.1, 0.15) is 18.6 Å². The molecule has 1 aliphatic carbocycles. The van der Waals surface area contributed by atoms with Crippen molar-refractivity contribution in [2.24, 2.45) is 26.2 Å². The minimum absolute atomic E-state index is 0.0375. The van der Waals surface area contributed by atoms with Crippen LogP contribution >= 0.6 is 0 Å². The van der Waals surface area contributed by atoms with Crippen LogP contribution in [0, 0.1) is 16.2 Å². The summed E-state index contributed by atoms with van der Waals surface area (Å²) >= 11 is 0. The fraction of sp³-hybridized carbons (Fsp3) is 0.517. The van der Waals surface area contributed by atoms with Crippen LogP contribution in [0.15, 0.2) is 58.5 Å². The second-order valence-electron chi connectivity index (χ2n) is 12.0. The average Bonchev–Trinajstić information content (AvgIpc) is 3.42. The smallest absolute Gasteiger partial charge is 0.200 e. The lowest BCUT2D eigenvalue weighted by Crippen LogP contribution is -2.43. The number of nitrogens with zero attached hydrogens (tertiary/aromatic N) is 2. The molecule has 0 saturated heterocycles. The monoisotopic (exact) mass is 444 g/mol. The Morgan fingerprint density at radius 3 is 1.42 bits per heavy atom. The van der Waals surface area contributed by atoms with Crippen molar-refractivity contribution in [2.45, 2.75) is 66.5 Å². The van der Waals surface area contributed by atoms with Crippen molar-refractivity contribution in [1.82, 2.24) is 0 Å². The summed E-state index contributed by atoms with van der Waals surface area (Å²) in [6.07, 6.45) is 1.53. The van der Waals surface area contributed by atoms with Crippen LogP contribution in [-0.2, 0) is 22.3 Å². The van der Waals surface area contributed by atoms with Crippen LogP contribution in [0.1, 0.15) is 52.7 Å². The zero-order chi connectivity index (χ0) is 23.4. The van der Waals surface area contributed by atoms with Gasteiger partial charge in [-0.25, -0.2) is 9.98 Å². The van der Waals surface area contributed by atoms with Gasteiger partial charge in [-0.3, -0.25) is 0 Å². The summed E-state index contributed by atoms with van der Waals surface area (Å²) in [7, 11) is 0. The highest BCUT2D eigenvalue weighted by Crippen LogP contribution is 2.45. The van der Waals surface area contributed by atoms with Crippen LogP contribution in [0.5, 0.6) is 0 Å². The summed E-state index contributed by atoms with van der Waals surface area (Å²) in [6.45, 7) is 14.6. The van der Waals surface area contributed by atoms with E-state index in [0.717, 1.165) is 24.6 Å². The Kier molecular flexibility index (Phi) is 5.19. The van der Waals surface area contributed by atoms with Crippen LogP contribution in [0.3, 0.4) is 0 Å². The van der Waals surface area contributed by atoms with Crippen molar-refractivity contribution < 1.29 is 9.47 Å². The van der Waals surface area contributed by atoms with Gasteiger partial charge >= 0.3 is 0 Å². The molecule has 174 valence electrons. The Balaban J connectivity index is 1.71. The maximum absolute atomic E-state index is 6.44. The molecule has 3 aliphatic rings. The first-order valence-electron chi connectivity index (χ1n) is 12.2. The topological polar surface area (TPSA) is 43.2 Å². The molecule has 0 bridgehead atoms. The highest BCUT2D eigenvalue weighted by molar-refractivity contribution is 6.07. The normalized spacial score (nSPS) is 24.1. The van der Waals surface area contributed by atoms with Crippen molar-refractivity contribution in [3.05, 3.63) is 59.7 Å². The molecule has 4 nitrogen and oxygen atoms in total. The van der Waals surface area contributed by atoms with Crippen molar-refractivity contribution >= 4 is 11.8 Å². The van der Waals surface area contributed by atoms with Gasteiger partial charge in [0.15, 0.2) is 11.8 Å². The molecule has 0 fully saturated rings. The lowest BCUT2D eigenvalue weighted by molar-refractivity contribution is 0.207. The molecule has 2 heterocycles. The van der Waals surface area contributed by atoms with Gasteiger partial charge in [-0.05, 0) is 45.9 Å². The number of ether oxygens (including phenoxy) is 2. The van der Waals surface area contributed by atoms with Gasteiger partial charge in [0.25, 0.3) is 0 Å². The Morgan fingerprint density at radius 1 is 0.667 bits per heavy atom. The van der Waals surface area contributed by atoms with Crippen LogP contribution in [0.4, 0.5) is 0 Å². The molecule has 0 saturated carbocycles. The molecule has 33 heavy (non-hydrogen) atoms. The van der Waals surface area contributed by atoms with Gasteiger partial charge in [0, 0.05) is 0 Å². The van der Waals surface area contributed by atoms with Crippen LogP contribution in [0.25, 0.3) is 11.1 Å². The zero-order valence-corrected chi connectivity index (χ0v) is 20.8. The quantitative estimate of drug-likeness (QED) is 0.560. The van der Waals surface area contributed by atoms with Crippen molar-refractivity contribution in [2.75, 3.05) is 13.2 Å². The maximum atomic E-state index is 6.44. The maximum Gasteiger partial charge on any atom is 0.200 e. The van der Waals surface area contributed by atoms with Crippen molar-refractivity contribution in [3.8, 4) is 11.1 Å². The fourth-order valence-corrected chi connectivity index (χ4v) is 5.14. The Morgan fingerprint density at radius 2 is 1.06 bits per heavy atom. The predicted molar refractivity (Wildman–Crippen MR) is 135 cm³/mol. The van der Waals surface area contributed by atoms with Crippen LogP contribution < -0.4 is 0 Å². The summed E-state index contributed by atoms with van der Waals surface area (Å²) in [5.74, 6) is 1.59. The molecule has 0 radical (unpaired) electrons. The summed E-state index contributed by atoms with van der Waals surface area (Å²) in [5, 5.41) is 0. The van der Waals surface area contributed by atoms with Gasteiger partial charge in [-0.15, -0.1) is 0 Å². The number of fused-ring (bicyclic) bond motifs is 3. The highest BCUT2D eigenvalue weighted by atomic mass is 16.5. The first-order valence-corrected chi connectivity index (χ1v) is 12.2. The van der Waals surface area contributed by atoms with Gasteiger partial charge in [0.2, 0.25) is 0 Å². The first kappa shape index (κ1) is 22.2. The minimum Gasteiger partial charge on any atom is -0.478 e. The first-order chi connectivity index (χ1) is 15.6. The van der Waals surface area contributed by atoms with E-state index in [2.05, 4.69) is 90.1 Å². The van der Waals surface area contributed by atoms with E-state index in [1.165, 1.54) is 22.3 Å². The molecule has 4 heteroatoms. The Hall–Kier alpha value is -2.62. The van der Waals surface area contributed by atoms with Gasteiger partial charge < -0.3 is 9.47 Å². The molecule has 5 rings (SSSR count). The fourth-order valence-electron chi connectivity index (χ4n) is 5.14. The highest BCUT2D eigenvalue weighted by Gasteiger charge is 2.52. The lowest BCUT2D eigenvalue weighted by atomic mass is 9.76. The molecule has 0 aromatic heterocycles. The number of rotatable bonds is 2. The SMILES string of the molecule is CC(C)(C)[C@@H]1COC(C2(C3=N[C@H](C(C)(C)C)CO3)Cc3ccccc3-c3ccccc3C2)=N1. The third-order valence-electron chi connectivity index (χ3n) is 7.43. The van der Waals surface area contributed by atoms with Gasteiger partial charge in [-0.1, -0.05) is 90.1 Å². The summed E-state index contributed by atoms with van der Waals surface area (Å²) in [6, 6.07) is 17.7. The molecule has 2 aliphatic heterocycles. The molecule has 2 atom stereocenters. The largest absolute Gasteiger partial charge is 0.478 e. The average molecular weight is 445 g/mol. The number of benzene rings is 2. The van der Waals surface area contributed by atoms with Gasteiger partial charge in [-0.2, -0.15) is 0 Å². The lowest BCUT2D eigenvalue weighted by Gasteiger charge is -2.31. The molecule has 2 aromatic rings. The molecule has 0 N–H and O–H groups in total. The van der Waals surface area contributed by atoms with E-state index in [9.17, 15) is 0 Å². The van der Waals surface area contributed by atoms with E-state index in [1.807, 2.05) is 0 Å². The Bertz CT molecular complexity index is 1030. The molecular weight excluding hydrogens is 408 g/mol. The van der Waals surface area contributed by atoms with E-state index in [1.54, 1.807) is 0 Å². The molecular formula is C29H36N2O2. The second kappa shape index (κ2) is 7.72. The van der Waals surface area contributed by atoms with Crippen molar-refractivity contribution in [3.63, 3.8) is 0 Å². The van der Waals surface area contributed by atoms with Crippen LogP contribution in [0.2, 0.25) is 0 Å². The minimum atomic E-state index is -0.539. The Labute approximate surface area is 198 Å². The number of hydrogen-bond acceptors (Lipinski definition) is 4. The summed E-state index contributed by atoms with van der Waals surface area (Å²) < 4.78 is 12.9. The molecule has 0 amide bonds. The van der Waals surface area contributed by atoms with E-state index in [0.29, 0.717) is 13.2 Å². The molecule has 2 aromatic carbocycles. The van der Waals surface area contributed by atoms with E-state index in [-0.39, 0.29) is 22.9 Å². The number of hydrogen-bond donors (Lipinski definition) is 0. The zero-order valence-electron chi connectivity index (χ0n) is 20.8. The van der Waals surface area contributed by atoms with E-state index >= 15 is 0 Å². The van der Waals surface area contributed by atoms with E-state index in [4.69, 9.17) is 19.5 Å². The second-order valence-corrected chi connectivity index (χ2v) is 12.0. The molecule has 0 unspecified atom stereocenters. The third kappa shape index (κ3) is 3.88. The van der Waals surface area contributed by atoms with Crippen molar-refractivity contribution in [1.29, 1.82) is 0 Å². The molecule has 0 spiro atoms. The number of aliphatic imine (C=N–C) groups is 2. The third-order valence-corrected chi connectivity index (χ3v) is 7.43. The standard InChI is InChI=1S/C29H36N2O2/c1-27(2,3)23-17-32-25(30-23)29(26-31-24(18-33-26)28(4,5)6)15-19-11-7-9-13-21(19)22-14-10-8-12-20(22)16-29/h7-14,23-24H,15-18H2,1-6H3/t23-,24-/m0/s1. The predicted octanol–water partition coefficient (Wildman–Crippen LogP) is 6.13. The summed E-state index contributed by atoms with van der Waals surface area (Å²) in [5.41, 5.74) is 4.68. The van der Waals surface area contributed by atoms with Gasteiger partial charge in [0.05, 0.1) is 12.1 Å². The van der Waals surface area contributed by atoms with E-state index < -0.39 is 5.41 Å². The summed E-state index contributed by atoms with van der Waals surface area (Å²) in [4.78, 5) is 10.4. The van der Waals surface area contributed by atoms with Crippen LogP contribution in [-0.4, -0.2) is 37.1 Å².